The third-order valence-corrected chi connectivity index (χ3v) is 2.80. The highest BCUT2D eigenvalue weighted by Gasteiger charge is 2.23. The minimum Gasteiger partial charge on any atom is -0.379 e. The second kappa shape index (κ2) is 5.54. The Morgan fingerprint density at radius 1 is 1.50 bits per heavy atom. The molecule has 0 saturated carbocycles. The molecule has 0 aromatic rings. The van der Waals surface area contributed by atoms with Crippen LogP contribution in [0.4, 0.5) is 0 Å². The third kappa shape index (κ3) is 2.89. The molecule has 2 aliphatic heterocycles. The van der Waals surface area contributed by atoms with E-state index in [0.29, 0.717) is 6.54 Å². The van der Waals surface area contributed by atoms with Gasteiger partial charge in [-0.2, -0.15) is 0 Å². The molecule has 2 rings (SSSR count). The number of carbonyl (C=O) groups is 1. The Hall–Kier alpha value is -0.750. The van der Waals surface area contributed by atoms with Crippen LogP contribution in [0.1, 0.15) is 0 Å². The molecule has 1 atom stereocenters. The zero-order valence-electron chi connectivity index (χ0n) is 9.48. The van der Waals surface area contributed by atoms with Crippen molar-refractivity contribution in [1.82, 2.24) is 4.90 Å². The monoisotopic (exact) mass is 227 g/mol. The van der Waals surface area contributed by atoms with E-state index in [9.17, 15) is 4.79 Å². The van der Waals surface area contributed by atoms with Gasteiger partial charge >= 0.3 is 0 Å². The first-order valence-corrected chi connectivity index (χ1v) is 5.48. The fraction of sp³-hybridized carbons (Fsp3) is 0.727. The first kappa shape index (κ1) is 11.7. The zero-order chi connectivity index (χ0) is 11.4. The fourth-order valence-corrected chi connectivity index (χ4v) is 1.83. The normalized spacial score (nSPS) is 27.9. The van der Waals surface area contributed by atoms with Gasteiger partial charge in [0.25, 0.3) is 0 Å². The average Bonchev–Trinajstić information content (AvgIpc) is 2.33. The van der Waals surface area contributed by atoms with Crippen molar-refractivity contribution in [2.45, 2.75) is 6.29 Å². The minimum atomic E-state index is -0.381. The van der Waals surface area contributed by atoms with Crippen LogP contribution in [0.3, 0.4) is 0 Å². The van der Waals surface area contributed by atoms with E-state index in [2.05, 4.69) is 4.90 Å². The maximum Gasteiger partial charge on any atom is 0.185 e. The van der Waals surface area contributed by atoms with E-state index in [1.165, 1.54) is 0 Å². The summed E-state index contributed by atoms with van der Waals surface area (Å²) in [7, 11) is 1.57. The van der Waals surface area contributed by atoms with Crippen LogP contribution in [0, 0.1) is 0 Å². The molecule has 90 valence electrons. The van der Waals surface area contributed by atoms with Crippen LogP contribution in [-0.4, -0.2) is 63.5 Å². The van der Waals surface area contributed by atoms with Crippen molar-refractivity contribution in [3.63, 3.8) is 0 Å². The minimum absolute atomic E-state index is 0.0554. The van der Waals surface area contributed by atoms with E-state index in [-0.39, 0.29) is 18.7 Å². The Balaban J connectivity index is 1.95. The van der Waals surface area contributed by atoms with Crippen LogP contribution in [0.25, 0.3) is 0 Å². The van der Waals surface area contributed by atoms with E-state index in [1.807, 2.05) is 0 Å². The second-order valence-electron chi connectivity index (χ2n) is 3.92. The maximum absolute atomic E-state index is 11.6. The van der Waals surface area contributed by atoms with Crippen LogP contribution in [-0.2, 0) is 19.0 Å². The molecule has 5 heteroatoms. The van der Waals surface area contributed by atoms with Gasteiger partial charge in [0.15, 0.2) is 12.1 Å². The number of ketones is 1. The number of Topliss-reactive ketones (excluding diaryl/α,β-unsaturated/α-hetero) is 1. The van der Waals surface area contributed by atoms with Gasteiger partial charge in [-0.1, -0.05) is 0 Å². The number of hydrogen-bond acceptors (Lipinski definition) is 5. The largest absolute Gasteiger partial charge is 0.379 e. The molecule has 5 nitrogen and oxygen atoms in total. The molecule has 0 spiro atoms. The summed E-state index contributed by atoms with van der Waals surface area (Å²) >= 11 is 0. The van der Waals surface area contributed by atoms with Crippen LogP contribution >= 0.6 is 0 Å². The van der Waals surface area contributed by atoms with Crippen molar-refractivity contribution >= 4 is 5.78 Å². The van der Waals surface area contributed by atoms with Crippen molar-refractivity contribution in [1.29, 1.82) is 0 Å². The first-order valence-electron chi connectivity index (χ1n) is 5.48. The van der Waals surface area contributed by atoms with Gasteiger partial charge in [-0.05, 0) is 6.08 Å². The molecule has 0 aromatic carbocycles. The Kier molecular flexibility index (Phi) is 4.06. The van der Waals surface area contributed by atoms with Crippen LogP contribution in [0.5, 0.6) is 0 Å². The van der Waals surface area contributed by atoms with E-state index in [4.69, 9.17) is 14.2 Å². The summed E-state index contributed by atoms with van der Waals surface area (Å²) in [5, 5.41) is 0. The number of ether oxygens (including phenoxy) is 3. The summed E-state index contributed by atoms with van der Waals surface area (Å²) in [6.45, 7) is 4.03. The summed E-state index contributed by atoms with van der Waals surface area (Å²) < 4.78 is 15.5. The molecular formula is C11H17NO4. The third-order valence-electron chi connectivity index (χ3n) is 2.80. The Morgan fingerprint density at radius 2 is 2.25 bits per heavy atom. The van der Waals surface area contributed by atoms with E-state index >= 15 is 0 Å². The lowest BCUT2D eigenvalue weighted by Gasteiger charge is -2.29. The summed E-state index contributed by atoms with van der Waals surface area (Å²) in [5.74, 6) is 0.0554. The first-order chi connectivity index (χ1) is 7.79. The molecule has 0 aromatic heterocycles. The molecule has 16 heavy (non-hydrogen) atoms. The van der Waals surface area contributed by atoms with Gasteiger partial charge in [0.1, 0.15) is 6.61 Å². The molecule has 2 aliphatic rings. The quantitative estimate of drug-likeness (QED) is 0.669. The Labute approximate surface area is 94.9 Å². The number of carbonyl (C=O) groups excluding carboxylic acids is 1. The van der Waals surface area contributed by atoms with Crippen molar-refractivity contribution in [2.24, 2.45) is 0 Å². The van der Waals surface area contributed by atoms with Crippen molar-refractivity contribution < 1.29 is 19.0 Å². The molecule has 2 heterocycles. The number of methoxy groups -OCH3 is 1. The highest BCUT2D eigenvalue weighted by molar-refractivity contribution is 5.97. The molecule has 0 N–H and O–H groups in total. The fourth-order valence-electron chi connectivity index (χ4n) is 1.83. The smallest absolute Gasteiger partial charge is 0.185 e. The average molecular weight is 227 g/mol. The van der Waals surface area contributed by atoms with Crippen molar-refractivity contribution in [3.05, 3.63) is 11.6 Å². The topological polar surface area (TPSA) is 48.0 Å². The predicted octanol–water partition coefficient (Wildman–Crippen LogP) is -0.183. The predicted molar refractivity (Wildman–Crippen MR) is 57.1 cm³/mol. The van der Waals surface area contributed by atoms with Crippen LogP contribution in [0.15, 0.2) is 11.6 Å². The zero-order valence-corrected chi connectivity index (χ0v) is 9.48. The van der Waals surface area contributed by atoms with Gasteiger partial charge in [-0.3, -0.25) is 9.69 Å². The Morgan fingerprint density at radius 3 is 2.94 bits per heavy atom. The van der Waals surface area contributed by atoms with Gasteiger partial charge < -0.3 is 14.2 Å². The van der Waals surface area contributed by atoms with E-state index in [0.717, 1.165) is 31.9 Å². The van der Waals surface area contributed by atoms with Gasteiger partial charge in [0.05, 0.1) is 13.2 Å². The second-order valence-corrected chi connectivity index (χ2v) is 3.92. The molecule has 0 aliphatic carbocycles. The molecule has 0 radical (unpaired) electrons. The number of nitrogens with zero attached hydrogens (tertiary/aromatic N) is 1. The molecule has 0 amide bonds. The van der Waals surface area contributed by atoms with Crippen molar-refractivity contribution in [3.8, 4) is 0 Å². The molecule has 1 unspecified atom stereocenters. The van der Waals surface area contributed by atoms with Gasteiger partial charge in [0.2, 0.25) is 0 Å². The number of morpholine rings is 1. The van der Waals surface area contributed by atoms with Crippen LogP contribution < -0.4 is 0 Å². The number of rotatable bonds is 3. The SMILES string of the molecule is COC1C=C(CN2CCOCC2)C(=O)CO1. The maximum atomic E-state index is 11.6. The van der Waals surface area contributed by atoms with Crippen molar-refractivity contribution in [2.75, 3.05) is 46.6 Å². The molecule has 1 saturated heterocycles. The molecule has 1 fully saturated rings. The molecular weight excluding hydrogens is 210 g/mol. The number of hydrogen-bond donors (Lipinski definition) is 0. The van der Waals surface area contributed by atoms with E-state index < -0.39 is 0 Å². The lowest BCUT2D eigenvalue weighted by Crippen LogP contribution is -2.40. The summed E-state index contributed by atoms with van der Waals surface area (Å²) in [4.78, 5) is 13.8. The summed E-state index contributed by atoms with van der Waals surface area (Å²) in [6.07, 6.45) is 1.38. The van der Waals surface area contributed by atoms with Gasteiger partial charge in [-0.25, -0.2) is 0 Å². The summed E-state index contributed by atoms with van der Waals surface area (Å²) in [5.41, 5.74) is 0.792. The van der Waals surface area contributed by atoms with Gasteiger partial charge in [-0.15, -0.1) is 0 Å². The lowest BCUT2D eigenvalue weighted by atomic mass is 10.1. The molecule has 0 bridgehead atoms. The summed E-state index contributed by atoms with van der Waals surface area (Å²) in [6, 6.07) is 0. The Bertz CT molecular complexity index is 284. The standard InChI is InChI=1S/C11H17NO4/c1-14-11-6-9(10(13)8-16-11)7-12-2-4-15-5-3-12/h6,11H,2-5,7-8H2,1H3. The van der Waals surface area contributed by atoms with E-state index in [1.54, 1.807) is 13.2 Å². The van der Waals surface area contributed by atoms with Gasteiger partial charge in [0, 0.05) is 32.3 Å². The van der Waals surface area contributed by atoms with Crippen LogP contribution in [0.2, 0.25) is 0 Å². The highest BCUT2D eigenvalue weighted by Crippen LogP contribution is 2.12. The lowest BCUT2D eigenvalue weighted by molar-refractivity contribution is -0.138. The highest BCUT2D eigenvalue weighted by atomic mass is 16.7.